The lowest BCUT2D eigenvalue weighted by Gasteiger charge is -2.25. The molecule has 0 heterocycles. The fourth-order valence-corrected chi connectivity index (χ4v) is 2.26. The fraction of sp³-hybridized carbons (Fsp3) is 0.300. The van der Waals surface area contributed by atoms with Crippen LogP contribution < -0.4 is 10.1 Å². The molecule has 2 aromatic carbocycles. The second-order valence-corrected chi connectivity index (χ2v) is 6.65. The Bertz CT molecular complexity index is 769. The second-order valence-electron chi connectivity index (χ2n) is 6.65. The molecule has 5 nitrogen and oxygen atoms in total. The molecule has 0 unspecified atom stereocenters. The highest BCUT2D eigenvalue weighted by Gasteiger charge is 2.29. The van der Waals surface area contributed by atoms with Gasteiger partial charge in [-0.2, -0.15) is 0 Å². The molecule has 2 rings (SSSR count). The molecule has 0 radical (unpaired) electrons. The van der Waals surface area contributed by atoms with E-state index in [9.17, 15) is 14.0 Å². The van der Waals surface area contributed by atoms with E-state index in [0.717, 1.165) is 5.56 Å². The monoisotopic (exact) mass is 358 g/mol. The molecule has 0 saturated heterocycles. The number of benzene rings is 2. The molecule has 0 aliphatic carbocycles. The van der Waals surface area contributed by atoms with Crippen molar-refractivity contribution in [2.24, 2.45) is 0 Å². The van der Waals surface area contributed by atoms with Crippen LogP contribution in [0.5, 0.6) is 5.75 Å². The molecule has 2 aromatic rings. The Kier molecular flexibility index (Phi) is 5.97. The zero-order chi connectivity index (χ0) is 19.3. The van der Waals surface area contributed by atoms with Gasteiger partial charge in [-0.1, -0.05) is 12.1 Å². The van der Waals surface area contributed by atoms with Gasteiger partial charge in [0.15, 0.2) is 5.60 Å². The molecule has 1 N–H and O–H groups in total. The summed E-state index contributed by atoms with van der Waals surface area (Å²) in [6.07, 6.45) is 0. The van der Waals surface area contributed by atoms with Gasteiger partial charge in [-0.3, -0.25) is 9.59 Å². The van der Waals surface area contributed by atoms with Crippen LogP contribution >= 0.6 is 0 Å². The summed E-state index contributed by atoms with van der Waals surface area (Å²) in [5.41, 5.74) is 0.342. The maximum absolute atomic E-state index is 13.0. The van der Waals surface area contributed by atoms with Crippen LogP contribution in [0.1, 0.15) is 29.8 Å². The first kappa shape index (κ1) is 19.4. The molecule has 0 aliphatic heterocycles. The van der Waals surface area contributed by atoms with Gasteiger partial charge < -0.3 is 15.0 Å². The number of nitrogens with zero attached hydrogens (tertiary/aromatic N) is 1. The number of hydrogen-bond acceptors (Lipinski definition) is 3. The molecular weight excluding hydrogens is 335 g/mol. The van der Waals surface area contributed by atoms with Crippen molar-refractivity contribution in [3.05, 3.63) is 65.5 Å². The van der Waals surface area contributed by atoms with Gasteiger partial charge in [-0.05, 0) is 55.8 Å². The zero-order valence-corrected chi connectivity index (χ0v) is 15.4. The minimum Gasteiger partial charge on any atom is -0.478 e. The van der Waals surface area contributed by atoms with Crippen molar-refractivity contribution in [2.75, 3.05) is 14.1 Å². The summed E-state index contributed by atoms with van der Waals surface area (Å²) in [4.78, 5) is 25.8. The van der Waals surface area contributed by atoms with Crippen molar-refractivity contribution in [2.45, 2.75) is 26.0 Å². The van der Waals surface area contributed by atoms with Crippen LogP contribution in [0.25, 0.3) is 0 Å². The topological polar surface area (TPSA) is 58.6 Å². The molecule has 0 fully saturated rings. The van der Waals surface area contributed by atoms with Crippen molar-refractivity contribution in [3.63, 3.8) is 0 Å². The van der Waals surface area contributed by atoms with E-state index in [2.05, 4.69) is 5.32 Å². The molecule has 0 saturated carbocycles. The first-order chi connectivity index (χ1) is 12.2. The van der Waals surface area contributed by atoms with Gasteiger partial charge in [0, 0.05) is 26.2 Å². The number of rotatable bonds is 6. The van der Waals surface area contributed by atoms with Gasteiger partial charge in [-0.25, -0.2) is 4.39 Å². The number of ether oxygens (including phenoxy) is 1. The van der Waals surface area contributed by atoms with Crippen LogP contribution in [0.4, 0.5) is 4.39 Å². The second kappa shape index (κ2) is 7.99. The fourth-order valence-electron chi connectivity index (χ4n) is 2.26. The SMILES string of the molecule is CN(C)C(=O)c1ccc(CNC(=O)C(C)(C)Oc2ccc(F)cc2)cc1. The Hall–Kier alpha value is -2.89. The summed E-state index contributed by atoms with van der Waals surface area (Å²) in [6, 6.07) is 12.6. The summed E-state index contributed by atoms with van der Waals surface area (Å²) >= 11 is 0. The Labute approximate surface area is 152 Å². The van der Waals surface area contributed by atoms with E-state index in [1.165, 1.54) is 29.2 Å². The summed E-state index contributed by atoms with van der Waals surface area (Å²) in [7, 11) is 3.39. The average molecular weight is 358 g/mol. The van der Waals surface area contributed by atoms with Gasteiger partial charge in [0.05, 0.1) is 0 Å². The molecule has 0 spiro atoms. The Morgan fingerprint density at radius 3 is 2.15 bits per heavy atom. The Morgan fingerprint density at radius 1 is 1.04 bits per heavy atom. The number of amides is 2. The largest absolute Gasteiger partial charge is 0.478 e. The van der Waals surface area contributed by atoms with Crippen molar-refractivity contribution >= 4 is 11.8 Å². The van der Waals surface area contributed by atoms with E-state index in [0.29, 0.717) is 17.9 Å². The predicted molar refractivity (Wildman–Crippen MR) is 97.4 cm³/mol. The minimum atomic E-state index is -1.11. The van der Waals surface area contributed by atoms with E-state index >= 15 is 0 Å². The van der Waals surface area contributed by atoms with Crippen LogP contribution in [-0.4, -0.2) is 36.4 Å². The first-order valence-electron chi connectivity index (χ1n) is 8.22. The van der Waals surface area contributed by atoms with Crippen LogP contribution in [0.3, 0.4) is 0 Å². The van der Waals surface area contributed by atoms with Crippen LogP contribution in [0.15, 0.2) is 48.5 Å². The quantitative estimate of drug-likeness (QED) is 0.864. The smallest absolute Gasteiger partial charge is 0.263 e. The van der Waals surface area contributed by atoms with E-state index < -0.39 is 5.60 Å². The lowest BCUT2D eigenvalue weighted by Crippen LogP contribution is -2.46. The molecule has 0 atom stereocenters. The van der Waals surface area contributed by atoms with Crippen molar-refractivity contribution in [1.82, 2.24) is 10.2 Å². The van der Waals surface area contributed by atoms with Gasteiger partial charge >= 0.3 is 0 Å². The van der Waals surface area contributed by atoms with Crippen molar-refractivity contribution in [1.29, 1.82) is 0 Å². The molecule has 2 amide bonds. The van der Waals surface area contributed by atoms with E-state index in [1.54, 1.807) is 52.2 Å². The highest BCUT2D eigenvalue weighted by Crippen LogP contribution is 2.19. The first-order valence-corrected chi connectivity index (χ1v) is 8.22. The van der Waals surface area contributed by atoms with Gasteiger partial charge in [0.2, 0.25) is 0 Å². The summed E-state index contributed by atoms with van der Waals surface area (Å²) in [5.74, 6) is -0.321. The van der Waals surface area contributed by atoms with Crippen LogP contribution in [0, 0.1) is 5.82 Å². The lowest BCUT2D eigenvalue weighted by molar-refractivity contribution is -0.134. The van der Waals surface area contributed by atoms with Crippen LogP contribution in [-0.2, 0) is 11.3 Å². The molecular formula is C20H23FN2O3. The van der Waals surface area contributed by atoms with Gasteiger partial charge in [-0.15, -0.1) is 0 Å². The number of halogens is 1. The Morgan fingerprint density at radius 2 is 1.62 bits per heavy atom. The molecule has 26 heavy (non-hydrogen) atoms. The molecule has 0 aromatic heterocycles. The highest BCUT2D eigenvalue weighted by atomic mass is 19.1. The molecule has 6 heteroatoms. The summed E-state index contributed by atoms with van der Waals surface area (Å²) in [6.45, 7) is 3.60. The summed E-state index contributed by atoms with van der Waals surface area (Å²) in [5, 5.41) is 2.81. The molecule has 0 bridgehead atoms. The van der Waals surface area contributed by atoms with E-state index in [1.807, 2.05) is 0 Å². The number of carbonyl (C=O) groups is 2. The van der Waals surface area contributed by atoms with E-state index in [4.69, 9.17) is 4.74 Å². The number of hydrogen-bond donors (Lipinski definition) is 1. The van der Waals surface area contributed by atoms with Crippen molar-refractivity contribution < 1.29 is 18.7 Å². The third-order valence-corrected chi connectivity index (χ3v) is 3.79. The third kappa shape index (κ3) is 5.05. The average Bonchev–Trinajstić information content (AvgIpc) is 2.61. The Balaban J connectivity index is 1.94. The van der Waals surface area contributed by atoms with Crippen molar-refractivity contribution in [3.8, 4) is 5.75 Å². The third-order valence-electron chi connectivity index (χ3n) is 3.79. The minimum absolute atomic E-state index is 0.0746. The normalized spacial score (nSPS) is 11.0. The zero-order valence-electron chi connectivity index (χ0n) is 15.4. The molecule has 0 aliphatic rings. The highest BCUT2D eigenvalue weighted by molar-refractivity contribution is 5.93. The summed E-state index contributed by atoms with van der Waals surface area (Å²) < 4.78 is 18.6. The number of carbonyl (C=O) groups excluding carboxylic acids is 2. The predicted octanol–water partition coefficient (Wildman–Crippen LogP) is 3.00. The van der Waals surface area contributed by atoms with Gasteiger partial charge in [0.1, 0.15) is 11.6 Å². The maximum atomic E-state index is 13.0. The van der Waals surface area contributed by atoms with Crippen LogP contribution in [0.2, 0.25) is 0 Å². The molecule has 138 valence electrons. The van der Waals surface area contributed by atoms with Gasteiger partial charge in [0.25, 0.3) is 11.8 Å². The standard InChI is InChI=1S/C20H23FN2O3/c1-20(2,26-17-11-9-16(21)10-12-17)19(25)22-13-14-5-7-15(8-6-14)18(24)23(3)4/h5-12H,13H2,1-4H3,(H,22,25). The maximum Gasteiger partial charge on any atom is 0.263 e. The van der Waals surface area contributed by atoms with E-state index in [-0.39, 0.29) is 17.6 Å². The number of nitrogens with one attached hydrogen (secondary N) is 1. The lowest BCUT2D eigenvalue weighted by atomic mass is 10.1.